The highest BCUT2D eigenvalue weighted by Gasteiger charge is 2.20. The minimum atomic E-state index is -0.229. The van der Waals surface area contributed by atoms with Crippen LogP contribution in [0.1, 0.15) is 41.5 Å². The second kappa shape index (κ2) is 10.6. The Hall–Kier alpha value is -1.34. The molecule has 0 bridgehead atoms. The second-order valence-electron chi connectivity index (χ2n) is 7.69. The minimum absolute atomic E-state index is 0.0616. The van der Waals surface area contributed by atoms with E-state index in [0.29, 0.717) is 12.0 Å². The molecular formula is C18H38N6O. The van der Waals surface area contributed by atoms with E-state index < -0.39 is 0 Å². The fourth-order valence-corrected chi connectivity index (χ4v) is 2.84. The highest BCUT2D eigenvalue weighted by molar-refractivity contribution is 5.85. The molecule has 0 aliphatic carbocycles. The Morgan fingerprint density at radius 1 is 1.12 bits per heavy atom. The lowest BCUT2D eigenvalue weighted by atomic mass is 10.1. The van der Waals surface area contributed by atoms with Crippen LogP contribution in [-0.4, -0.2) is 85.6 Å². The quantitative estimate of drug-likeness (QED) is 0.458. The fraction of sp³-hybridized carbons (Fsp3) is 0.889. The van der Waals surface area contributed by atoms with Gasteiger partial charge in [-0.15, -0.1) is 0 Å². The largest absolute Gasteiger partial charge is 0.357 e. The number of rotatable bonds is 7. The van der Waals surface area contributed by atoms with Crippen LogP contribution in [0.2, 0.25) is 0 Å². The minimum Gasteiger partial charge on any atom is -0.357 e. The van der Waals surface area contributed by atoms with Gasteiger partial charge in [0.2, 0.25) is 5.91 Å². The van der Waals surface area contributed by atoms with Gasteiger partial charge in [-0.2, -0.15) is 0 Å². The predicted octanol–water partition coefficient (Wildman–Crippen LogP) is 0.482. The van der Waals surface area contributed by atoms with Crippen LogP contribution in [0.25, 0.3) is 0 Å². The molecule has 7 nitrogen and oxygen atoms in total. The molecule has 25 heavy (non-hydrogen) atoms. The molecule has 1 unspecified atom stereocenters. The lowest BCUT2D eigenvalue weighted by molar-refractivity contribution is -0.121. The first-order valence-corrected chi connectivity index (χ1v) is 9.54. The highest BCUT2D eigenvalue weighted by Crippen LogP contribution is 2.05. The molecule has 7 heteroatoms. The van der Waals surface area contributed by atoms with Crippen LogP contribution < -0.4 is 16.0 Å². The van der Waals surface area contributed by atoms with Crippen molar-refractivity contribution < 1.29 is 4.79 Å². The molecule has 1 fully saturated rings. The van der Waals surface area contributed by atoms with Crippen LogP contribution in [-0.2, 0) is 4.79 Å². The van der Waals surface area contributed by atoms with Gasteiger partial charge in [0, 0.05) is 50.8 Å². The van der Waals surface area contributed by atoms with Crippen molar-refractivity contribution in [2.24, 2.45) is 4.99 Å². The van der Waals surface area contributed by atoms with Crippen molar-refractivity contribution in [2.75, 3.05) is 52.4 Å². The number of carbonyl (C=O) groups excluding carboxylic acids is 1. The third kappa shape index (κ3) is 9.07. The summed E-state index contributed by atoms with van der Waals surface area (Å²) in [7, 11) is 0. The number of likely N-dealkylation sites (N-methyl/N-ethyl adjacent to an activating group) is 1. The molecule has 0 aromatic heterocycles. The smallest absolute Gasteiger partial charge is 0.242 e. The first kappa shape index (κ1) is 21.7. The Balaban J connectivity index is 2.43. The van der Waals surface area contributed by atoms with E-state index >= 15 is 0 Å². The standard InChI is InChI=1S/C18H38N6O/c1-7-19-17(21-14-16(25)22-18(4,5)6)20-13-15(3)24-11-9-23(8-2)10-12-24/h15H,7-14H2,1-6H3,(H,22,25)(H2,19,20,21). The van der Waals surface area contributed by atoms with E-state index in [1.807, 2.05) is 27.7 Å². The van der Waals surface area contributed by atoms with Crippen molar-refractivity contribution in [1.29, 1.82) is 0 Å². The molecule has 1 atom stereocenters. The molecular weight excluding hydrogens is 316 g/mol. The number of hydrogen-bond acceptors (Lipinski definition) is 4. The Kier molecular flexibility index (Phi) is 9.21. The number of hydrogen-bond donors (Lipinski definition) is 3. The highest BCUT2D eigenvalue weighted by atomic mass is 16.2. The maximum atomic E-state index is 11.9. The second-order valence-corrected chi connectivity index (χ2v) is 7.69. The third-order valence-electron chi connectivity index (χ3n) is 4.28. The van der Waals surface area contributed by atoms with Crippen LogP contribution >= 0.6 is 0 Å². The number of piperazine rings is 1. The van der Waals surface area contributed by atoms with E-state index in [4.69, 9.17) is 0 Å². The van der Waals surface area contributed by atoms with E-state index in [9.17, 15) is 4.79 Å². The molecule has 3 N–H and O–H groups in total. The number of amides is 1. The van der Waals surface area contributed by atoms with Crippen LogP contribution in [0.4, 0.5) is 0 Å². The van der Waals surface area contributed by atoms with Gasteiger partial charge in [0.15, 0.2) is 5.96 Å². The molecule has 0 aromatic carbocycles. The number of carbonyl (C=O) groups is 1. The maximum Gasteiger partial charge on any atom is 0.242 e. The zero-order chi connectivity index (χ0) is 18.9. The Morgan fingerprint density at radius 2 is 1.76 bits per heavy atom. The average Bonchev–Trinajstić information content (AvgIpc) is 2.55. The fourth-order valence-electron chi connectivity index (χ4n) is 2.84. The van der Waals surface area contributed by atoms with Gasteiger partial charge in [0.1, 0.15) is 6.54 Å². The Labute approximate surface area is 153 Å². The van der Waals surface area contributed by atoms with Gasteiger partial charge in [-0.25, -0.2) is 4.99 Å². The summed E-state index contributed by atoms with van der Waals surface area (Å²) in [5.74, 6) is 0.638. The normalized spacial score (nSPS) is 18.7. The first-order chi connectivity index (χ1) is 11.7. The summed E-state index contributed by atoms with van der Waals surface area (Å²) in [6.07, 6.45) is 0. The molecule has 1 amide bonds. The van der Waals surface area contributed by atoms with Crippen molar-refractivity contribution >= 4 is 11.9 Å². The zero-order valence-electron chi connectivity index (χ0n) is 17.0. The lowest BCUT2D eigenvalue weighted by Gasteiger charge is -2.37. The Bertz CT molecular complexity index is 424. The molecule has 1 heterocycles. The molecule has 0 aromatic rings. The van der Waals surface area contributed by atoms with Crippen molar-refractivity contribution in [3.05, 3.63) is 0 Å². The van der Waals surface area contributed by atoms with Crippen LogP contribution in [0.15, 0.2) is 4.99 Å². The molecule has 0 saturated carbocycles. The van der Waals surface area contributed by atoms with Crippen LogP contribution in [0.5, 0.6) is 0 Å². The van der Waals surface area contributed by atoms with E-state index in [1.165, 1.54) is 0 Å². The van der Waals surface area contributed by atoms with Gasteiger partial charge in [-0.05, 0) is 41.2 Å². The van der Waals surface area contributed by atoms with Crippen molar-refractivity contribution in [1.82, 2.24) is 25.8 Å². The lowest BCUT2D eigenvalue weighted by Crippen LogP contribution is -2.53. The predicted molar refractivity (Wildman–Crippen MR) is 105 cm³/mol. The summed E-state index contributed by atoms with van der Waals surface area (Å²) in [4.78, 5) is 21.3. The van der Waals surface area contributed by atoms with Crippen LogP contribution in [0.3, 0.4) is 0 Å². The zero-order valence-corrected chi connectivity index (χ0v) is 17.0. The molecule has 146 valence electrons. The van der Waals surface area contributed by atoms with E-state index in [0.717, 1.165) is 45.8 Å². The van der Waals surface area contributed by atoms with Gasteiger partial charge in [-0.1, -0.05) is 6.92 Å². The summed E-state index contributed by atoms with van der Waals surface area (Å²) < 4.78 is 0. The Morgan fingerprint density at radius 3 is 2.28 bits per heavy atom. The summed E-state index contributed by atoms with van der Waals surface area (Å²) >= 11 is 0. The number of nitrogens with one attached hydrogen (secondary N) is 3. The number of aliphatic imine (C=N–C) groups is 1. The SMILES string of the molecule is CCNC(=NCC(=O)NC(C)(C)C)NCC(C)N1CCN(CC)CC1. The molecule has 1 aliphatic rings. The molecule has 1 saturated heterocycles. The number of guanidine groups is 1. The van der Waals surface area contributed by atoms with Crippen molar-refractivity contribution in [3.63, 3.8) is 0 Å². The van der Waals surface area contributed by atoms with Gasteiger partial charge in [0.25, 0.3) is 0 Å². The van der Waals surface area contributed by atoms with Gasteiger partial charge in [0.05, 0.1) is 0 Å². The average molecular weight is 355 g/mol. The van der Waals surface area contributed by atoms with E-state index in [-0.39, 0.29) is 18.0 Å². The third-order valence-corrected chi connectivity index (χ3v) is 4.28. The van der Waals surface area contributed by atoms with E-state index in [2.05, 4.69) is 44.6 Å². The first-order valence-electron chi connectivity index (χ1n) is 9.54. The topological polar surface area (TPSA) is 72.0 Å². The summed E-state index contributed by atoms with van der Waals surface area (Å²) in [6.45, 7) is 19.8. The monoisotopic (exact) mass is 354 g/mol. The van der Waals surface area contributed by atoms with Gasteiger partial charge >= 0.3 is 0 Å². The molecule has 0 spiro atoms. The molecule has 0 radical (unpaired) electrons. The summed E-state index contributed by atoms with van der Waals surface area (Å²) in [5.41, 5.74) is -0.229. The van der Waals surface area contributed by atoms with Crippen molar-refractivity contribution in [2.45, 2.75) is 53.1 Å². The van der Waals surface area contributed by atoms with Gasteiger partial charge in [-0.3, -0.25) is 9.69 Å². The summed E-state index contributed by atoms with van der Waals surface area (Å²) in [5, 5.41) is 9.50. The molecule has 1 rings (SSSR count). The van der Waals surface area contributed by atoms with E-state index in [1.54, 1.807) is 0 Å². The maximum absolute atomic E-state index is 11.9. The number of nitrogens with zero attached hydrogens (tertiary/aromatic N) is 3. The van der Waals surface area contributed by atoms with Crippen molar-refractivity contribution in [3.8, 4) is 0 Å². The summed E-state index contributed by atoms with van der Waals surface area (Å²) in [6, 6.07) is 0.436. The van der Waals surface area contributed by atoms with Gasteiger partial charge < -0.3 is 20.9 Å². The van der Waals surface area contributed by atoms with Crippen LogP contribution in [0, 0.1) is 0 Å². The molecule has 1 aliphatic heterocycles.